The lowest BCUT2D eigenvalue weighted by Gasteiger charge is -2.38. The average molecular weight is 444 g/mol. The SMILES string of the molecule is CCN1CCN(C(=O)C2CCCN(Cc3nc(-c4ccc(OC)c(OC)c4)no3)C2)CC1. The van der Waals surface area contributed by atoms with Gasteiger partial charge in [-0.3, -0.25) is 9.69 Å². The van der Waals surface area contributed by atoms with Crippen molar-refractivity contribution in [2.45, 2.75) is 26.3 Å². The van der Waals surface area contributed by atoms with Gasteiger partial charge in [-0.15, -0.1) is 0 Å². The van der Waals surface area contributed by atoms with Crippen molar-refractivity contribution in [1.82, 2.24) is 24.8 Å². The zero-order chi connectivity index (χ0) is 22.5. The molecule has 2 fully saturated rings. The van der Waals surface area contributed by atoms with Crippen molar-refractivity contribution in [1.29, 1.82) is 0 Å². The number of amides is 1. The van der Waals surface area contributed by atoms with Gasteiger partial charge in [-0.05, 0) is 44.1 Å². The quantitative estimate of drug-likeness (QED) is 0.644. The number of hydrogen-bond donors (Lipinski definition) is 0. The second-order valence-corrected chi connectivity index (χ2v) is 8.42. The number of likely N-dealkylation sites (tertiary alicyclic amines) is 1. The standard InChI is InChI=1S/C23H33N5O4/c1-4-26-10-12-28(13-11-26)23(29)18-6-5-9-27(15-18)16-21-24-22(25-32-21)17-7-8-19(30-2)20(14-17)31-3/h7-8,14,18H,4-6,9-13,15-16H2,1-3H3. The summed E-state index contributed by atoms with van der Waals surface area (Å²) in [5, 5.41) is 4.14. The number of carbonyl (C=O) groups excluding carboxylic acids is 1. The van der Waals surface area contributed by atoms with Crippen molar-refractivity contribution in [3.05, 3.63) is 24.1 Å². The fraction of sp³-hybridized carbons (Fsp3) is 0.609. The van der Waals surface area contributed by atoms with E-state index in [4.69, 9.17) is 14.0 Å². The molecule has 0 saturated carbocycles. The Kier molecular flexibility index (Phi) is 7.26. The normalized spacial score (nSPS) is 20.3. The highest BCUT2D eigenvalue weighted by Crippen LogP contribution is 2.31. The molecule has 0 radical (unpaired) electrons. The lowest BCUT2D eigenvalue weighted by atomic mass is 9.96. The molecule has 4 rings (SSSR count). The van der Waals surface area contributed by atoms with E-state index >= 15 is 0 Å². The van der Waals surface area contributed by atoms with Crippen molar-refractivity contribution in [2.24, 2.45) is 5.92 Å². The van der Waals surface area contributed by atoms with Gasteiger partial charge in [-0.2, -0.15) is 4.98 Å². The number of aromatic nitrogens is 2. The summed E-state index contributed by atoms with van der Waals surface area (Å²) in [6.45, 7) is 9.05. The molecule has 32 heavy (non-hydrogen) atoms. The van der Waals surface area contributed by atoms with Crippen LogP contribution in [-0.2, 0) is 11.3 Å². The molecule has 2 saturated heterocycles. The fourth-order valence-electron chi connectivity index (χ4n) is 4.55. The summed E-state index contributed by atoms with van der Waals surface area (Å²) in [6.07, 6.45) is 1.95. The predicted octanol–water partition coefficient (Wildman–Crippen LogP) is 2.13. The van der Waals surface area contributed by atoms with E-state index in [1.807, 2.05) is 23.1 Å². The van der Waals surface area contributed by atoms with Crippen LogP contribution in [0.3, 0.4) is 0 Å². The minimum atomic E-state index is 0.0465. The van der Waals surface area contributed by atoms with Crippen molar-refractivity contribution < 1.29 is 18.8 Å². The number of nitrogens with zero attached hydrogens (tertiary/aromatic N) is 5. The lowest BCUT2D eigenvalue weighted by Crippen LogP contribution is -2.52. The highest BCUT2D eigenvalue weighted by Gasteiger charge is 2.31. The zero-order valence-corrected chi connectivity index (χ0v) is 19.2. The van der Waals surface area contributed by atoms with Crippen molar-refractivity contribution in [2.75, 3.05) is 60.0 Å². The van der Waals surface area contributed by atoms with Gasteiger partial charge in [0.1, 0.15) is 0 Å². The monoisotopic (exact) mass is 443 g/mol. The Bertz CT molecular complexity index is 910. The van der Waals surface area contributed by atoms with Crippen LogP contribution < -0.4 is 9.47 Å². The van der Waals surface area contributed by atoms with Gasteiger partial charge < -0.3 is 23.8 Å². The second kappa shape index (κ2) is 10.3. The van der Waals surface area contributed by atoms with Crippen LogP contribution in [0, 0.1) is 5.92 Å². The molecule has 1 aromatic heterocycles. The molecule has 2 aliphatic rings. The molecule has 1 amide bonds. The van der Waals surface area contributed by atoms with E-state index in [-0.39, 0.29) is 5.92 Å². The largest absolute Gasteiger partial charge is 0.493 e. The third kappa shape index (κ3) is 5.05. The first kappa shape index (κ1) is 22.5. The summed E-state index contributed by atoms with van der Waals surface area (Å²) in [6, 6.07) is 5.54. The molecule has 9 heteroatoms. The molecule has 1 aromatic carbocycles. The van der Waals surface area contributed by atoms with Crippen LogP contribution in [0.5, 0.6) is 11.5 Å². The van der Waals surface area contributed by atoms with Gasteiger partial charge in [-0.1, -0.05) is 12.1 Å². The molecule has 2 aromatic rings. The number of piperidine rings is 1. The van der Waals surface area contributed by atoms with Gasteiger partial charge in [0.15, 0.2) is 11.5 Å². The van der Waals surface area contributed by atoms with Crippen LogP contribution in [0.15, 0.2) is 22.7 Å². The Morgan fingerprint density at radius 3 is 2.59 bits per heavy atom. The van der Waals surface area contributed by atoms with Gasteiger partial charge >= 0.3 is 0 Å². The van der Waals surface area contributed by atoms with E-state index in [1.54, 1.807) is 14.2 Å². The van der Waals surface area contributed by atoms with Crippen LogP contribution in [0.25, 0.3) is 11.4 Å². The first-order valence-electron chi connectivity index (χ1n) is 11.4. The van der Waals surface area contributed by atoms with Gasteiger partial charge in [0, 0.05) is 38.3 Å². The molecule has 0 spiro atoms. The van der Waals surface area contributed by atoms with E-state index < -0.39 is 0 Å². The minimum absolute atomic E-state index is 0.0465. The Labute approximate surface area is 189 Å². The van der Waals surface area contributed by atoms with Crippen molar-refractivity contribution in [3.8, 4) is 22.9 Å². The van der Waals surface area contributed by atoms with E-state index in [1.165, 1.54) is 0 Å². The maximum absolute atomic E-state index is 13.1. The summed E-state index contributed by atoms with van der Waals surface area (Å²) in [7, 11) is 3.20. The molecular formula is C23H33N5O4. The molecule has 0 N–H and O–H groups in total. The molecule has 9 nitrogen and oxygen atoms in total. The molecule has 1 unspecified atom stereocenters. The number of ether oxygens (including phenoxy) is 2. The zero-order valence-electron chi connectivity index (χ0n) is 19.2. The molecule has 0 aliphatic carbocycles. The summed E-state index contributed by atoms with van der Waals surface area (Å²) in [4.78, 5) is 24.3. The van der Waals surface area contributed by atoms with Gasteiger partial charge in [0.05, 0.1) is 26.7 Å². The summed E-state index contributed by atoms with van der Waals surface area (Å²) in [5.74, 6) is 2.68. The van der Waals surface area contributed by atoms with Crippen LogP contribution >= 0.6 is 0 Å². The van der Waals surface area contributed by atoms with Gasteiger partial charge in [-0.25, -0.2) is 0 Å². The number of piperazine rings is 1. The third-order valence-corrected chi connectivity index (χ3v) is 6.45. The van der Waals surface area contributed by atoms with Crippen LogP contribution in [-0.4, -0.2) is 90.8 Å². The Hall–Kier alpha value is -2.65. The Balaban J connectivity index is 1.36. The molecule has 2 aliphatic heterocycles. The van der Waals surface area contributed by atoms with E-state index in [0.29, 0.717) is 35.7 Å². The molecule has 174 valence electrons. The highest BCUT2D eigenvalue weighted by molar-refractivity contribution is 5.79. The van der Waals surface area contributed by atoms with Crippen LogP contribution in [0.2, 0.25) is 0 Å². The van der Waals surface area contributed by atoms with E-state index in [2.05, 4.69) is 26.9 Å². The van der Waals surface area contributed by atoms with Crippen molar-refractivity contribution in [3.63, 3.8) is 0 Å². The minimum Gasteiger partial charge on any atom is -0.493 e. The highest BCUT2D eigenvalue weighted by atomic mass is 16.5. The number of likely N-dealkylation sites (N-methyl/N-ethyl adjacent to an activating group) is 1. The molecular weight excluding hydrogens is 410 g/mol. The smallest absolute Gasteiger partial charge is 0.241 e. The van der Waals surface area contributed by atoms with Crippen molar-refractivity contribution >= 4 is 5.91 Å². The Morgan fingerprint density at radius 2 is 1.88 bits per heavy atom. The van der Waals surface area contributed by atoms with Crippen LogP contribution in [0.4, 0.5) is 0 Å². The molecule has 3 heterocycles. The molecule has 1 atom stereocenters. The number of benzene rings is 1. The first-order valence-corrected chi connectivity index (χ1v) is 11.4. The average Bonchev–Trinajstić information content (AvgIpc) is 3.31. The predicted molar refractivity (Wildman–Crippen MR) is 120 cm³/mol. The van der Waals surface area contributed by atoms with E-state index in [0.717, 1.165) is 64.2 Å². The fourth-order valence-corrected chi connectivity index (χ4v) is 4.55. The third-order valence-electron chi connectivity index (χ3n) is 6.45. The lowest BCUT2D eigenvalue weighted by molar-refractivity contribution is -0.139. The molecule has 0 bridgehead atoms. The number of rotatable bonds is 7. The summed E-state index contributed by atoms with van der Waals surface area (Å²) >= 11 is 0. The second-order valence-electron chi connectivity index (χ2n) is 8.42. The summed E-state index contributed by atoms with van der Waals surface area (Å²) < 4.78 is 16.2. The van der Waals surface area contributed by atoms with E-state index in [9.17, 15) is 4.79 Å². The van der Waals surface area contributed by atoms with Crippen LogP contribution in [0.1, 0.15) is 25.7 Å². The first-order chi connectivity index (χ1) is 15.6. The van der Waals surface area contributed by atoms with Gasteiger partial charge in [0.25, 0.3) is 0 Å². The number of carbonyl (C=O) groups is 1. The maximum Gasteiger partial charge on any atom is 0.241 e. The maximum atomic E-state index is 13.1. The summed E-state index contributed by atoms with van der Waals surface area (Å²) in [5.41, 5.74) is 0.801. The Morgan fingerprint density at radius 1 is 1.09 bits per heavy atom. The van der Waals surface area contributed by atoms with Gasteiger partial charge in [0.2, 0.25) is 17.6 Å². The number of methoxy groups -OCH3 is 2. The topological polar surface area (TPSA) is 84.2 Å². The number of hydrogen-bond acceptors (Lipinski definition) is 8.